The van der Waals surface area contributed by atoms with Gasteiger partial charge in [0.1, 0.15) is 0 Å². The molecule has 0 amide bonds. The number of para-hydroxylation sites is 3. The lowest BCUT2D eigenvalue weighted by Crippen LogP contribution is -2.08. The van der Waals surface area contributed by atoms with E-state index < -0.39 is 0 Å². The second-order valence-electron chi connectivity index (χ2n) is 6.05. The van der Waals surface area contributed by atoms with Crippen LogP contribution in [0.5, 0.6) is 23.0 Å². The van der Waals surface area contributed by atoms with Gasteiger partial charge >= 0.3 is 0 Å². The van der Waals surface area contributed by atoms with Crippen molar-refractivity contribution in [1.82, 2.24) is 0 Å². The van der Waals surface area contributed by atoms with Crippen LogP contribution in [0.25, 0.3) is 0 Å². The Morgan fingerprint density at radius 3 is 1.69 bits per heavy atom. The molecule has 0 radical (unpaired) electrons. The lowest BCUT2D eigenvalue weighted by atomic mass is 10.2. The summed E-state index contributed by atoms with van der Waals surface area (Å²) in [7, 11) is 0. The molecule has 0 spiro atoms. The predicted molar refractivity (Wildman–Crippen MR) is 98.7 cm³/mol. The molecule has 3 rings (SSSR count). The minimum atomic E-state index is 0.503. The Morgan fingerprint density at radius 2 is 1.12 bits per heavy atom. The highest BCUT2D eigenvalue weighted by atomic mass is 16.5. The molecular weight excluding hydrogens is 332 g/mol. The molecule has 0 unspecified atom stereocenters. The molecule has 2 aromatic carbocycles. The van der Waals surface area contributed by atoms with Crippen LogP contribution in [-0.4, -0.2) is 32.7 Å². The van der Waals surface area contributed by atoms with Crippen molar-refractivity contribution in [3.05, 3.63) is 48.0 Å². The van der Waals surface area contributed by atoms with Gasteiger partial charge < -0.3 is 18.9 Å². The van der Waals surface area contributed by atoms with Gasteiger partial charge in [-0.1, -0.05) is 18.2 Å². The van der Waals surface area contributed by atoms with Gasteiger partial charge in [0.15, 0.2) is 29.3 Å². The summed E-state index contributed by atoms with van der Waals surface area (Å²) >= 11 is 0. The van der Waals surface area contributed by atoms with Gasteiger partial charge in [0.2, 0.25) is 0 Å². The van der Waals surface area contributed by atoms with Gasteiger partial charge in [-0.15, -0.1) is 0 Å². The summed E-state index contributed by atoms with van der Waals surface area (Å²) in [5.74, 6) is 2.68. The molecular formula is C21H24O5. The number of aldehydes is 1. The lowest BCUT2D eigenvalue weighted by Gasteiger charge is -2.16. The molecule has 1 aliphatic rings. The van der Waals surface area contributed by atoms with Gasteiger partial charge in [-0.3, -0.25) is 4.79 Å². The largest absolute Gasteiger partial charge is 0.490 e. The number of hydrogen-bond acceptors (Lipinski definition) is 5. The third kappa shape index (κ3) is 4.91. The summed E-state index contributed by atoms with van der Waals surface area (Å²) in [5.41, 5.74) is 0.511. The first-order valence-electron chi connectivity index (χ1n) is 9.07. The van der Waals surface area contributed by atoms with E-state index in [4.69, 9.17) is 18.9 Å². The molecule has 0 saturated carbocycles. The van der Waals surface area contributed by atoms with Crippen molar-refractivity contribution in [1.29, 1.82) is 0 Å². The monoisotopic (exact) mass is 356 g/mol. The van der Waals surface area contributed by atoms with Crippen LogP contribution in [0.2, 0.25) is 0 Å². The molecule has 5 nitrogen and oxygen atoms in total. The Balaban J connectivity index is 1.67. The van der Waals surface area contributed by atoms with E-state index in [0.29, 0.717) is 43.5 Å². The van der Waals surface area contributed by atoms with E-state index in [-0.39, 0.29) is 0 Å². The van der Waals surface area contributed by atoms with Crippen LogP contribution in [0, 0.1) is 0 Å². The molecule has 0 bridgehead atoms. The van der Waals surface area contributed by atoms with Crippen LogP contribution < -0.4 is 18.9 Å². The highest BCUT2D eigenvalue weighted by Crippen LogP contribution is 2.31. The third-order valence-electron chi connectivity index (χ3n) is 4.08. The van der Waals surface area contributed by atoms with E-state index in [2.05, 4.69) is 0 Å². The highest BCUT2D eigenvalue weighted by molar-refractivity contribution is 5.81. The predicted octanol–water partition coefficient (Wildman–Crippen LogP) is 4.29. The highest BCUT2D eigenvalue weighted by Gasteiger charge is 2.11. The fourth-order valence-electron chi connectivity index (χ4n) is 2.71. The topological polar surface area (TPSA) is 54.0 Å². The van der Waals surface area contributed by atoms with E-state index in [9.17, 15) is 4.79 Å². The van der Waals surface area contributed by atoms with Crippen LogP contribution in [0.15, 0.2) is 42.5 Å². The number of carbonyl (C=O) groups is 1. The fourth-order valence-corrected chi connectivity index (χ4v) is 2.71. The first kappa shape index (κ1) is 18.1. The van der Waals surface area contributed by atoms with Gasteiger partial charge in [0, 0.05) is 0 Å². The Labute approximate surface area is 153 Å². The number of benzene rings is 2. The molecule has 0 atom stereocenters. The van der Waals surface area contributed by atoms with Gasteiger partial charge in [0.25, 0.3) is 0 Å². The quantitative estimate of drug-likeness (QED) is 0.714. The van der Waals surface area contributed by atoms with Crippen molar-refractivity contribution in [3.63, 3.8) is 0 Å². The van der Waals surface area contributed by atoms with E-state index in [1.54, 1.807) is 12.1 Å². The van der Waals surface area contributed by atoms with E-state index in [0.717, 1.165) is 43.5 Å². The number of ether oxygens (including phenoxy) is 4. The number of hydrogen-bond donors (Lipinski definition) is 0. The summed E-state index contributed by atoms with van der Waals surface area (Å²) in [6.45, 7) is 2.23. The van der Waals surface area contributed by atoms with E-state index in [1.807, 2.05) is 30.3 Å². The van der Waals surface area contributed by atoms with Crippen LogP contribution in [0.1, 0.15) is 36.0 Å². The summed E-state index contributed by atoms with van der Waals surface area (Å²) in [6, 6.07) is 13.1. The number of fused-ring (bicyclic) bond motifs is 2. The van der Waals surface area contributed by atoms with Crippen molar-refractivity contribution in [2.45, 2.75) is 25.7 Å². The van der Waals surface area contributed by atoms with Crippen LogP contribution >= 0.6 is 0 Å². The Morgan fingerprint density at radius 1 is 0.615 bits per heavy atom. The Kier molecular flexibility index (Phi) is 6.76. The van der Waals surface area contributed by atoms with Crippen molar-refractivity contribution in [2.75, 3.05) is 26.4 Å². The van der Waals surface area contributed by atoms with Gasteiger partial charge in [0.05, 0.1) is 32.0 Å². The standard InChI is InChI=1S/C21H24O5/c22-16-17-8-7-11-20-21(17)26-15-6-5-13-24-19-10-2-1-9-18(19)23-12-3-4-14-25-20/h1-2,7-11,16H,3-6,12-15H2. The minimum Gasteiger partial charge on any atom is -0.490 e. The summed E-state index contributed by atoms with van der Waals surface area (Å²) in [4.78, 5) is 11.3. The second-order valence-corrected chi connectivity index (χ2v) is 6.05. The molecule has 1 heterocycles. The molecule has 5 heteroatoms. The molecule has 0 fully saturated rings. The van der Waals surface area contributed by atoms with Crippen LogP contribution in [0.3, 0.4) is 0 Å². The molecule has 26 heavy (non-hydrogen) atoms. The third-order valence-corrected chi connectivity index (χ3v) is 4.08. The van der Waals surface area contributed by atoms with E-state index >= 15 is 0 Å². The molecule has 0 aromatic heterocycles. The van der Waals surface area contributed by atoms with Crippen molar-refractivity contribution in [2.24, 2.45) is 0 Å². The maximum Gasteiger partial charge on any atom is 0.171 e. The second kappa shape index (κ2) is 9.70. The van der Waals surface area contributed by atoms with Crippen LogP contribution in [-0.2, 0) is 0 Å². The van der Waals surface area contributed by atoms with Gasteiger partial charge in [-0.05, 0) is 49.9 Å². The Hall–Kier alpha value is -2.69. The van der Waals surface area contributed by atoms with Gasteiger partial charge in [-0.25, -0.2) is 0 Å². The lowest BCUT2D eigenvalue weighted by molar-refractivity contribution is 0.111. The minimum absolute atomic E-state index is 0.503. The average molecular weight is 356 g/mol. The number of rotatable bonds is 1. The SMILES string of the molecule is O=Cc1cccc2c1OCCCCOc1ccccc1OCCCCO2. The summed E-state index contributed by atoms with van der Waals surface area (Å²) in [6.07, 6.45) is 4.16. The molecule has 0 N–H and O–H groups in total. The first-order valence-corrected chi connectivity index (χ1v) is 9.07. The maximum atomic E-state index is 11.3. The first-order chi connectivity index (χ1) is 12.9. The molecule has 2 aromatic rings. The van der Waals surface area contributed by atoms with Gasteiger partial charge in [-0.2, -0.15) is 0 Å². The fraction of sp³-hybridized carbons (Fsp3) is 0.381. The Bertz CT molecular complexity index is 713. The van der Waals surface area contributed by atoms with Crippen molar-refractivity contribution >= 4 is 6.29 Å². The molecule has 0 aliphatic carbocycles. The zero-order chi connectivity index (χ0) is 18.0. The zero-order valence-electron chi connectivity index (χ0n) is 14.8. The number of carbonyl (C=O) groups excluding carboxylic acids is 1. The van der Waals surface area contributed by atoms with Crippen molar-refractivity contribution in [3.8, 4) is 23.0 Å². The summed E-state index contributed by atoms with van der Waals surface area (Å²) < 4.78 is 23.4. The van der Waals surface area contributed by atoms with Crippen LogP contribution in [0.4, 0.5) is 0 Å². The normalized spacial score (nSPS) is 15.8. The van der Waals surface area contributed by atoms with E-state index in [1.165, 1.54) is 0 Å². The molecule has 138 valence electrons. The smallest absolute Gasteiger partial charge is 0.171 e. The zero-order valence-corrected chi connectivity index (χ0v) is 14.8. The summed E-state index contributed by atoms with van der Waals surface area (Å²) in [5, 5.41) is 0. The molecule has 0 saturated heterocycles. The average Bonchev–Trinajstić information content (AvgIpc) is 2.67. The molecule has 1 aliphatic heterocycles. The van der Waals surface area contributed by atoms with Crippen molar-refractivity contribution < 1.29 is 23.7 Å². The maximum absolute atomic E-state index is 11.3.